The first-order valence-corrected chi connectivity index (χ1v) is 10.6. The number of thiazole rings is 1. The van der Waals surface area contributed by atoms with E-state index in [9.17, 15) is 9.59 Å². The Labute approximate surface area is 179 Å². The minimum Gasteiger partial charge on any atom is -0.491 e. The van der Waals surface area contributed by atoms with E-state index >= 15 is 0 Å². The maximum Gasteiger partial charge on any atom is 0.266 e. The fraction of sp³-hybridized carbons (Fsp3) is 0.261. The van der Waals surface area contributed by atoms with Gasteiger partial charge in [-0.25, -0.2) is 4.98 Å². The first kappa shape index (κ1) is 20.1. The fourth-order valence-corrected chi connectivity index (χ4v) is 4.35. The summed E-state index contributed by atoms with van der Waals surface area (Å²) in [6.45, 7) is 5.50. The van der Waals surface area contributed by atoms with Crippen LogP contribution in [-0.2, 0) is 13.1 Å². The van der Waals surface area contributed by atoms with Gasteiger partial charge >= 0.3 is 0 Å². The molecule has 30 heavy (non-hydrogen) atoms. The van der Waals surface area contributed by atoms with Crippen molar-refractivity contribution in [2.75, 3.05) is 13.2 Å². The van der Waals surface area contributed by atoms with Gasteiger partial charge in [-0.05, 0) is 37.6 Å². The van der Waals surface area contributed by atoms with Crippen LogP contribution < -0.4 is 10.1 Å². The van der Waals surface area contributed by atoms with Crippen LogP contribution in [0.2, 0.25) is 0 Å². The van der Waals surface area contributed by atoms with Crippen LogP contribution in [0.4, 0.5) is 0 Å². The zero-order valence-electron chi connectivity index (χ0n) is 17.0. The number of aromatic nitrogens is 1. The lowest BCUT2D eigenvalue weighted by molar-refractivity contribution is 0.0737. The predicted octanol–water partition coefficient (Wildman–Crippen LogP) is 3.72. The summed E-state index contributed by atoms with van der Waals surface area (Å²) in [4.78, 5) is 32.5. The molecule has 2 aromatic carbocycles. The quantitative estimate of drug-likeness (QED) is 0.697. The monoisotopic (exact) mass is 421 g/mol. The Morgan fingerprint density at radius 3 is 2.70 bits per heavy atom. The molecule has 0 fully saturated rings. The van der Waals surface area contributed by atoms with E-state index in [1.54, 1.807) is 11.0 Å². The maximum atomic E-state index is 13.0. The van der Waals surface area contributed by atoms with Gasteiger partial charge in [-0.15, -0.1) is 11.3 Å². The summed E-state index contributed by atoms with van der Waals surface area (Å²) in [7, 11) is 0. The van der Waals surface area contributed by atoms with Crippen molar-refractivity contribution in [1.82, 2.24) is 15.2 Å². The molecule has 4 rings (SSSR count). The Morgan fingerprint density at radius 2 is 1.97 bits per heavy atom. The molecule has 3 aromatic rings. The summed E-state index contributed by atoms with van der Waals surface area (Å²) in [5.74, 6) is 0.508. The van der Waals surface area contributed by atoms with Gasteiger partial charge in [0.2, 0.25) is 0 Å². The van der Waals surface area contributed by atoms with Crippen LogP contribution in [0.15, 0.2) is 48.5 Å². The van der Waals surface area contributed by atoms with Crippen molar-refractivity contribution >= 4 is 23.2 Å². The Balaban J connectivity index is 1.50. The van der Waals surface area contributed by atoms with Gasteiger partial charge in [0.15, 0.2) is 0 Å². The first-order valence-electron chi connectivity index (χ1n) is 9.82. The molecule has 0 saturated heterocycles. The second-order valence-electron chi connectivity index (χ2n) is 7.21. The number of rotatable bonds is 4. The van der Waals surface area contributed by atoms with Crippen LogP contribution in [0.5, 0.6) is 5.75 Å². The second kappa shape index (κ2) is 8.67. The highest BCUT2D eigenvalue weighted by atomic mass is 32.1. The molecule has 1 N–H and O–H groups in total. The SMILES string of the molecule is Cc1nc(C)c(C(=O)N2CCOc3ccc(C(=O)NCc4ccccc4)cc3C2)s1. The average Bonchev–Trinajstić information content (AvgIpc) is 2.96. The molecule has 6 nitrogen and oxygen atoms in total. The van der Waals surface area contributed by atoms with Crippen LogP contribution in [0.1, 0.15) is 41.9 Å². The topological polar surface area (TPSA) is 71.5 Å². The lowest BCUT2D eigenvalue weighted by Crippen LogP contribution is -2.32. The molecule has 0 aliphatic carbocycles. The van der Waals surface area contributed by atoms with E-state index in [2.05, 4.69) is 10.3 Å². The van der Waals surface area contributed by atoms with E-state index in [-0.39, 0.29) is 11.8 Å². The lowest BCUT2D eigenvalue weighted by Gasteiger charge is -2.19. The zero-order chi connectivity index (χ0) is 21.1. The van der Waals surface area contributed by atoms with Gasteiger partial charge in [0.25, 0.3) is 11.8 Å². The Morgan fingerprint density at radius 1 is 1.17 bits per heavy atom. The van der Waals surface area contributed by atoms with Crippen molar-refractivity contribution in [3.05, 3.63) is 80.8 Å². The molecular weight excluding hydrogens is 398 g/mol. The highest BCUT2D eigenvalue weighted by molar-refractivity contribution is 7.13. The van der Waals surface area contributed by atoms with Crippen LogP contribution >= 0.6 is 11.3 Å². The molecule has 1 aromatic heterocycles. The van der Waals surface area contributed by atoms with E-state index in [0.29, 0.717) is 42.4 Å². The predicted molar refractivity (Wildman–Crippen MR) is 116 cm³/mol. The van der Waals surface area contributed by atoms with E-state index in [1.165, 1.54) is 11.3 Å². The van der Waals surface area contributed by atoms with Crippen molar-refractivity contribution in [3.63, 3.8) is 0 Å². The second-order valence-corrected chi connectivity index (χ2v) is 8.42. The third kappa shape index (κ3) is 4.36. The summed E-state index contributed by atoms with van der Waals surface area (Å²) in [6, 6.07) is 15.1. The van der Waals surface area contributed by atoms with Gasteiger partial charge in [-0.3, -0.25) is 9.59 Å². The smallest absolute Gasteiger partial charge is 0.266 e. The van der Waals surface area contributed by atoms with E-state index in [1.807, 2.05) is 56.3 Å². The number of fused-ring (bicyclic) bond motifs is 1. The van der Waals surface area contributed by atoms with Gasteiger partial charge < -0.3 is 15.0 Å². The van der Waals surface area contributed by atoms with Gasteiger partial charge in [0.05, 0.1) is 17.2 Å². The summed E-state index contributed by atoms with van der Waals surface area (Å²) < 4.78 is 5.83. The van der Waals surface area contributed by atoms with Gasteiger partial charge in [0.1, 0.15) is 17.2 Å². The highest BCUT2D eigenvalue weighted by Crippen LogP contribution is 2.27. The first-order chi connectivity index (χ1) is 14.5. The number of ether oxygens (including phenoxy) is 1. The Bertz CT molecular complexity index is 1080. The molecule has 7 heteroatoms. The largest absolute Gasteiger partial charge is 0.491 e. The van der Waals surface area contributed by atoms with Crippen molar-refractivity contribution < 1.29 is 14.3 Å². The van der Waals surface area contributed by atoms with Crippen molar-refractivity contribution in [2.24, 2.45) is 0 Å². The number of amides is 2. The third-order valence-electron chi connectivity index (χ3n) is 4.98. The molecule has 0 bridgehead atoms. The van der Waals surface area contributed by atoms with Gasteiger partial charge in [0, 0.05) is 24.2 Å². The van der Waals surface area contributed by atoms with Crippen LogP contribution in [0, 0.1) is 13.8 Å². The van der Waals surface area contributed by atoms with Gasteiger partial charge in [-0.2, -0.15) is 0 Å². The van der Waals surface area contributed by atoms with Crippen LogP contribution in [-0.4, -0.2) is 34.8 Å². The normalized spacial score (nSPS) is 13.2. The lowest BCUT2D eigenvalue weighted by atomic mass is 10.1. The number of nitrogens with one attached hydrogen (secondary N) is 1. The Kier molecular flexibility index (Phi) is 5.81. The molecule has 0 radical (unpaired) electrons. The number of carbonyl (C=O) groups is 2. The highest BCUT2D eigenvalue weighted by Gasteiger charge is 2.25. The van der Waals surface area contributed by atoms with Crippen molar-refractivity contribution in [1.29, 1.82) is 0 Å². The number of benzene rings is 2. The van der Waals surface area contributed by atoms with E-state index in [0.717, 1.165) is 21.8 Å². The average molecular weight is 422 g/mol. The van der Waals surface area contributed by atoms with E-state index in [4.69, 9.17) is 4.74 Å². The number of hydrogen-bond donors (Lipinski definition) is 1. The molecule has 2 heterocycles. The third-order valence-corrected chi connectivity index (χ3v) is 6.04. The molecule has 1 aliphatic rings. The Hall–Kier alpha value is -3.19. The minimum absolute atomic E-state index is 0.0477. The molecule has 0 saturated carbocycles. The summed E-state index contributed by atoms with van der Waals surface area (Å²) in [5.41, 5.74) is 3.16. The van der Waals surface area contributed by atoms with Crippen molar-refractivity contribution in [3.8, 4) is 5.75 Å². The number of carbonyl (C=O) groups excluding carboxylic acids is 2. The molecular formula is C23H23N3O3S. The van der Waals surface area contributed by atoms with Gasteiger partial charge in [-0.1, -0.05) is 30.3 Å². The summed E-state index contributed by atoms with van der Waals surface area (Å²) in [5, 5.41) is 3.82. The maximum absolute atomic E-state index is 13.0. The molecule has 1 aliphatic heterocycles. The standard InChI is InChI=1S/C23H23N3O3S/c1-15-21(30-16(2)25-15)23(28)26-10-11-29-20-9-8-18(12-19(20)14-26)22(27)24-13-17-6-4-3-5-7-17/h3-9,12H,10-11,13-14H2,1-2H3,(H,24,27). The molecule has 0 unspecified atom stereocenters. The molecule has 0 atom stereocenters. The van der Waals surface area contributed by atoms with Crippen LogP contribution in [0.3, 0.4) is 0 Å². The molecule has 154 valence electrons. The van der Waals surface area contributed by atoms with Crippen molar-refractivity contribution in [2.45, 2.75) is 26.9 Å². The molecule has 2 amide bonds. The zero-order valence-corrected chi connectivity index (χ0v) is 17.8. The number of aryl methyl sites for hydroxylation is 2. The minimum atomic E-state index is -0.155. The number of hydrogen-bond acceptors (Lipinski definition) is 5. The van der Waals surface area contributed by atoms with E-state index < -0.39 is 0 Å². The summed E-state index contributed by atoms with van der Waals surface area (Å²) >= 11 is 1.41. The summed E-state index contributed by atoms with van der Waals surface area (Å²) in [6.07, 6.45) is 0. The van der Waals surface area contributed by atoms with Crippen LogP contribution in [0.25, 0.3) is 0 Å². The number of nitrogens with zero attached hydrogens (tertiary/aromatic N) is 2. The molecule has 0 spiro atoms. The fourth-order valence-electron chi connectivity index (χ4n) is 3.46.